The van der Waals surface area contributed by atoms with Gasteiger partial charge in [0.15, 0.2) is 0 Å². The highest BCUT2D eigenvalue weighted by Crippen LogP contribution is 2.24. The molecule has 0 atom stereocenters. The Morgan fingerprint density at radius 3 is 2.96 bits per heavy atom. The van der Waals surface area contributed by atoms with Gasteiger partial charge in [-0.15, -0.1) is 10.2 Å². The standard InChI is InChI=1S/C15H13BrN8O3S/c1-27-10-3-2-8(4-9(10)16)6-18-21-11(25)5-12-22-24-15(28-12)20-14(26)13-17-7-19-23-13/h2-4,6-7H,5H2,1H3,(H,21,25)(H,17,19,23)(H,20,24,26). The van der Waals surface area contributed by atoms with E-state index in [1.165, 1.54) is 12.5 Å². The third-order valence-corrected chi connectivity index (χ3v) is 4.67. The molecule has 0 aliphatic carbocycles. The molecule has 2 amide bonds. The van der Waals surface area contributed by atoms with Gasteiger partial charge in [-0.2, -0.15) is 10.2 Å². The maximum atomic E-state index is 12.0. The number of nitrogens with one attached hydrogen (secondary N) is 3. The number of carbonyl (C=O) groups excluding carboxylic acids is 2. The fraction of sp³-hybridized carbons (Fsp3) is 0.133. The van der Waals surface area contributed by atoms with Crippen LogP contribution >= 0.6 is 27.3 Å². The lowest BCUT2D eigenvalue weighted by Crippen LogP contribution is -2.19. The molecular weight excluding hydrogens is 452 g/mol. The van der Waals surface area contributed by atoms with Crippen LogP contribution in [0.2, 0.25) is 0 Å². The van der Waals surface area contributed by atoms with Crippen LogP contribution in [0.5, 0.6) is 5.75 Å². The van der Waals surface area contributed by atoms with Crippen LogP contribution < -0.4 is 15.5 Å². The molecule has 13 heteroatoms. The number of anilines is 1. The Morgan fingerprint density at radius 2 is 2.25 bits per heavy atom. The lowest BCUT2D eigenvalue weighted by atomic mass is 10.2. The van der Waals surface area contributed by atoms with Crippen LogP contribution in [0, 0.1) is 0 Å². The monoisotopic (exact) mass is 464 g/mol. The number of nitrogens with zero attached hydrogens (tertiary/aromatic N) is 5. The van der Waals surface area contributed by atoms with E-state index in [2.05, 4.69) is 57.2 Å². The highest BCUT2D eigenvalue weighted by molar-refractivity contribution is 9.10. The first-order valence-corrected chi connectivity index (χ1v) is 9.30. The number of H-pyrrole nitrogens is 1. The van der Waals surface area contributed by atoms with E-state index in [0.29, 0.717) is 10.8 Å². The van der Waals surface area contributed by atoms with Gasteiger partial charge < -0.3 is 4.74 Å². The Kier molecular flexibility index (Phi) is 6.39. The van der Waals surface area contributed by atoms with Crippen LogP contribution in [0.25, 0.3) is 0 Å². The van der Waals surface area contributed by atoms with Crippen molar-refractivity contribution in [1.82, 2.24) is 30.8 Å². The fourth-order valence-electron chi connectivity index (χ4n) is 1.97. The lowest BCUT2D eigenvalue weighted by Gasteiger charge is -2.03. The summed E-state index contributed by atoms with van der Waals surface area (Å²) in [7, 11) is 1.58. The van der Waals surface area contributed by atoms with Gasteiger partial charge in [0.05, 0.1) is 24.2 Å². The third kappa shape index (κ3) is 5.17. The minimum atomic E-state index is -0.500. The SMILES string of the molecule is COc1ccc(C=NNC(=O)Cc2nnc(NC(=O)c3ncn[nH]3)s2)cc1Br. The molecule has 28 heavy (non-hydrogen) atoms. The van der Waals surface area contributed by atoms with E-state index in [1.54, 1.807) is 19.2 Å². The Hall–Kier alpha value is -3.19. The summed E-state index contributed by atoms with van der Waals surface area (Å²) < 4.78 is 5.93. The number of aromatic amines is 1. The Balaban J connectivity index is 1.50. The molecule has 2 heterocycles. The molecule has 1 aromatic carbocycles. The van der Waals surface area contributed by atoms with E-state index in [1.807, 2.05) is 6.07 Å². The number of carbonyl (C=O) groups is 2. The zero-order valence-electron chi connectivity index (χ0n) is 14.3. The second kappa shape index (κ2) is 9.14. The maximum Gasteiger partial charge on any atom is 0.294 e. The molecule has 0 fully saturated rings. The molecule has 11 nitrogen and oxygen atoms in total. The molecule has 144 valence electrons. The predicted octanol–water partition coefficient (Wildman–Crippen LogP) is 1.37. The van der Waals surface area contributed by atoms with Crippen LogP contribution in [-0.4, -0.2) is 50.5 Å². The van der Waals surface area contributed by atoms with Crippen molar-refractivity contribution in [2.75, 3.05) is 12.4 Å². The molecular formula is C15H13BrN8O3S. The second-order valence-corrected chi connectivity index (χ2v) is 7.07. The van der Waals surface area contributed by atoms with E-state index >= 15 is 0 Å². The van der Waals surface area contributed by atoms with Crippen molar-refractivity contribution < 1.29 is 14.3 Å². The summed E-state index contributed by atoms with van der Waals surface area (Å²) in [6.07, 6.45) is 2.70. The molecule has 0 saturated heterocycles. The minimum Gasteiger partial charge on any atom is -0.496 e. The number of hydrogen-bond acceptors (Lipinski definition) is 9. The molecule has 3 rings (SSSR count). The van der Waals surface area contributed by atoms with Crippen molar-refractivity contribution in [3.8, 4) is 5.75 Å². The number of benzene rings is 1. The number of halogens is 1. The summed E-state index contributed by atoms with van der Waals surface area (Å²) in [4.78, 5) is 27.5. The zero-order chi connectivity index (χ0) is 19.9. The van der Waals surface area contributed by atoms with Crippen molar-refractivity contribution in [3.05, 3.63) is 45.4 Å². The molecule has 3 aromatic rings. The molecule has 0 aliphatic rings. The van der Waals surface area contributed by atoms with Crippen LogP contribution in [0.1, 0.15) is 21.2 Å². The van der Waals surface area contributed by atoms with E-state index in [0.717, 1.165) is 21.4 Å². The summed E-state index contributed by atoms with van der Waals surface area (Å²) in [5.41, 5.74) is 3.19. The number of aromatic nitrogens is 5. The van der Waals surface area contributed by atoms with E-state index in [-0.39, 0.29) is 23.3 Å². The zero-order valence-corrected chi connectivity index (χ0v) is 16.7. The molecule has 0 bridgehead atoms. The van der Waals surface area contributed by atoms with E-state index in [4.69, 9.17) is 4.74 Å². The van der Waals surface area contributed by atoms with Crippen molar-refractivity contribution >= 4 is 50.4 Å². The van der Waals surface area contributed by atoms with Crippen LogP contribution in [0.4, 0.5) is 5.13 Å². The average Bonchev–Trinajstić information content (AvgIpc) is 3.34. The average molecular weight is 465 g/mol. The summed E-state index contributed by atoms with van der Waals surface area (Å²) in [6.45, 7) is 0. The van der Waals surface area contributed by atoms with Crippen molar-refractivity contribution in [2.24, 2.45) is 5.10 Å². The van der Waals surface area contributed by atoms with Crippen LogP contribution in [-0.2, 0) is 11.2 Å². The Labute approximate surface area is 170 Å². The van der Waals surface area contributed by atoms with Crippen molar-refractivity contribution in [3.63, 3.8) is 0 Å². The third-order valence-electron chi connectivity index (χ3n) is 3.21. The predicted molar refractivity (Wildman–Crippen MR) is 104 cm³/mol. The lowest BCUT2D eigenvalue weighted by molar-refractivity contribution is -0.120. The van der Waals surface area contributed by atoms with E-state index < -0.39 is 5.91 Å². The van der Waals surface area contributed by atoms with Gasteiger partial charge in [0.25, 0.3) is 5.91 Å². The van der Waals surface area contributed by atoms with Gasteiger partial charge in [-0.3, -0.25) is 20.0 Å². The molecule has 0 unspecified atom stereocenters. The molecule has 0 saturated carbocycles. The first kappa shape index (κ1) is 19.6. The number of amides is 2. The molecule has 0 aliphatic heterocycles. The summed E-state index contributed by atoms with van der Waals surface area (Å²) >= 11 is 4.45. The van der Waals surface area contributed by atoms with Gasteiger partial charge in [0, 0.05) is 0 Å². The first-order valence-electron chi connectivity index (χ1n) is 7.69. The van der Waals surface area contributed by atoms with Gasteiger partial charge in [-0.1, -0.05) is 11.3 Å². The van der Waals surface area contributed by atoms with Gasteiger partial charge in [0.1, 0.15) is 17.1 Å². The van der Waals surface area contributed by atoms with Gasteiger partial charge in [-0.25, -0.2) is 10.4 Å². The smallest absolute Gasteiger partial charge is 0.294 e. The number of methoxy groups -OCH3 is 1. The maximum absolute atomic E-state index is 12.0. The first-order chi connectivity index (χ1) is 13.5. The largest absolute Gasteiger partial charge is 0.496 e. The highest BCUT2D eigenvalue weighted by Gasteiger charge is 2.14. The number of hydrogen-bond donors (Lipinski definition) is 3. The second-order valence-electron chi connectivity index (χ2n) is 5.15. The number of ether oxygens (including phenoxy) is 1. The van der Waals surface area contributed by atoms with Crippen molar-refractivity contribution in [2.45, 2.75) is 6.42 Å². The normalized spacial score (nSPS) is 10.8. The highest BCUT2D eigenvalue weighted by atomic mass is 79.9. The molecule has 2 aromatic heterocycles. The quantitative estimate of drug-likeness (QED) is 0.353. The van der Waals surface area contributed by atoms with E-state index in [9.17, 15) is 9.59 Å². The van der Waals surface area contributed by atoms with Gasteiger partial charge in [0.2, 0.25) is 16.9 Å². The molecule has 0 spiro atoms. The Morgan fingerprint density at radius 1 is 1.39 bits per heavy atom. The van der Waals surface area contributed by atoms with Crippen LogP contribution in [0.3, 0.4) is 0 Å². The summed E-state index contributed by atoms with van der Waals surface area (Å²) in [5, 5.41) is 20.8. The molecule has 0 radical (unpaired) electrons. The number of hydrazone groups is 1. The summed E-state index contributed by atoms with van der Waals surface area (Å²) in [6, 6.07) is 5.39. The number of rotatable bonds is 7. The fourth-order valence-corrected chi connectivity index (χ4v) is 3.26. The van der Waals surface area contributed by atoms with Crippen LogP contribution in [0.15, 0.2) is 34.1 Å². The van der Waals surface area contributed by atoms with Crippen molar-refractivity contribution in [1.29, 1.82) is 0 Å². The Bertz CT molecular complexity index is 1000. The summed E-state index contributed by atoms with van der Waals surface area (Å²) in [5.74, 6) is -0.120. The van der Waals surface area contributed by atoms with Gasteiger partial charge >= 0.3 is 0 Å². The topological polar surface area (TPSA) is 147 Å². The minimum absolute atomic E-state index is 0.0283. The molecule has 3 N–H and O–H groups in total. The van der Waals surface area contributed by atoms with Gasteiger partial charge in [-0.05, 0) is 39.7 Å².